The summed E-state index contributed by atoms with van der Waals surface area (Å²) in [5.74, 6) is 0.253. The summed E-state index contributed by atoms with van der Waals surface area (Å²) in [6, 6.07) is 9.11. The third kappa shape index (κ3) is 3.53. The third-order valence-electron chi connectivity index (χ3n) is 6.17. The second kappa shape index (κ2) is 7.02. The molecule has 0 saturated carbocycles. The van der Waals surface area contributed by atoms with Crippen LogP contribution in [0.3, 0.4) is 0 Å². The average molecular weight is 424 g/mol. The van der Waals surface area contributed by atoms with E-state index in [1.165, 1.54) is 0 Å². The Bertz CT molecular complexity index is 1020. The molecule has 2 aromatic rings. The highest BCUT2D eigenvalue weighted by molar-refractivity contribution is 7.91. The van der Waals surface area contributed by atoms with Crippen molar-refractivity contribution in [3.63, 3.8) is 0 Å². The van der Waals surface area contributed by atoms with Gasteiger partial charge in [0.2, 0.25) is 9.84 Å². The van der Waals surface area contributed by atoms with Gasteiger partial charge in [-0.1, -0.05) is 0 Å². The molecule has 156 valence electrons. The first-order valence-corrected chi connectivity index (χ1v) is 11.0. The molecule has 0 aromatic heterocycles. The Kier molecular flexibility index (Phi) is 4.90. The maximum absolute atomic E-state index is 13.1. The lowest BCUT2D eigenvalue weighted by Crippen LogP contribution is -2.31. The molecule has 1 fully saturated rings. The van der Waals surface area contributed by atoms with Gasteiger partial charge in [0.1, 0.15) is 0 Å². The van der Waals surface area contributed by atoms with Crippen molar-refractivity contribution in [1.29, 1.82) is 0 Å². The Morgan fingerprint density at radius 3 is 2.21 bits per heavy atom. The number of rotatable bonds is 2. The van der Waals surface area contributed by atoms with Crippen molar-refractivity contribution in [3.05, 3.63) is 53.6 Å². The van der Waals surface area contributed by atoms with Crippen LogP contribution in [0.15, 0.2) is 52.3 Å². The Morgan fingerprint density at radius 1 is 0.931 bits per heavy atom. The first-order chi connectivity index (χ1) is 13.6. The number of fused-ring (bicyclic) bond motifs is 3. The molecule has 0 unspecified atom stereocenters. The molecule has 0 spiro atoms. The van der Waals surface area contributed by atoms with Crippen LogP contribution in [0.5, 0.6) is 0 Å². The smallest absolute Gasteiger partial charge is 0.371 e. The minimum Gasteiger partial charge on any atom is -0.371 e. The molecule has 29 heavy (non-hydrogen) atoms. The number of likely N-dealkylation sites (tertiary alicyclic amines) is 1. The van der Waals surface area contributed by atoms with E-state index >= 15 is 0 Å². The molecule has 2 atom stereocenters. The summed E-state index contributed by atoms with van der Waals surface area (Å²) in [4.78, 5) is 4.51. The van der Waals surface area contributed by atoms with Gasteiger partial charge in [-0.15, -0.1) is 0 Å². The molecule has 2 heterocycles. The number of alkyl halides is 3. The van der Waals surface area contributed by atoms with Crippen molar-refractivity contribution in [1.82, 2.24) is 4.90 Å². The lowest BCUT2D eigenvalue weighted by molar-refractivity contribution is -0.137. The van der Waals surface area contributed by atoms with Crippen LogP contribution in [0.4, 0.5) is 18.9 Å². The number of benzene rings is 2. The van der Waals surface area contributed by atoms with E-state index < -0.39 is 21.6 Å². The van der Waals surface area contributed by atoms with Gasteiger partial charge in [-0.3, -0.25) is 0 Å². The predicted octanol–water partition coefficient (Wildman–Crippen LogP) is 4.17. The van der Waals surface area contributed by atoms with Crippen molar-refractivity contribution in [2.45, 2.75) is 40.8 Å². The minimum absolute atomic E-state index is 0.127. The number of anilines is 1. The third-order valence-corrected chi connectivity index (χ3v) is 7.94. The van der Waals surface area contributed by atoms with E-state index in [0.29, 0.717) is 6.04 Å². The van der Waals surface area contributed by atoms with E-state index in [0.717, 1.165) is 61.4 Å². The fourth-order valence-electron chi connectivity index (χ4n) is 4.50. The first-order valence-electron chi connectivity index (χ1n) is 9.57. The summed E-state index contributed by atoms with van der Waals surface area (Å²) in [6.07, 6.45) is -2.54. The zero-order valence-electron chi connectivity index (χ0n) is 16.3. The van der Waals surface area contributed by atoms with Crippen LogP contribution in [0, 0.1) is 0 Å². The molecule has 1 saturated heterocycles. The summed E-state index contributed by atoms with van der Waals surface area (Å²) < 4.78 is 64.5. The van der Waals surface area contributed by atoms with Gasteiger partial charge in [-0.25, -0.2) is 8.42 Å². The molecule has 0 bridgehead atoms. The van der Waals surface area contributed by atoms with Gasteiger partial charge in [0.25, 0.3) is 0 Å². The zero-order chi connectivity index (χ0) is 21.0. The highest BCUT2D eigenvalue weighted by Gasteiger charge is 2.38. The van der Waals surface area contributed by atoms with Crippen LogP contribution in [0.1, 0.15) is 29.9 Å². The van der Waals surface area contributed by atoms with Crippen LogP contribution in [0.2, 0.25) is 0 Å². The van der Waals surface area contributed by atoms with Crippen molar-refractivity contribution in [2.75, 3.05) is 32.1 Å². The van der Waals surface area contributed by atoms with E-state index in [1.807, 2.05) is 13.1 Å². The topological polar surface area (TPSA) is 40.6 Å². The molecular weight excluding hydrogens is 401 g/mol. The normalized spacial score (nSPS) is 22.9. The van der Waals surface area contributed by atoms with Crippen LogP contribution < -0.4 is 4.90 Å². The van der Waals surface area contributed by atoms with Gasteiger partial charge in [0.15, 0.2) is 0 Å². The van der Waals surface area contributed by atoms with Gasteiger partial charge in [0.05, 0.1) is 15.4 Å². The van der Waals surface area contributed by atoms with Crippen LogP contribution in [0.25, 0.3) is 0 Å². The quantitative estimate of drug-likeness (QED) is 0.726. The van der Waals surface area contributed by atoms with Gasteiger partial charge in [-0.2, -0.15) is 13.2 Å². The second-order valence-corrected chi connectivity index (χ2v) is 9.86. The van der Waals surface area contributed by atoms with Crippen molar-refractivity contribution in [3.8, 4) is 0 Å². The van der Waals surface area contributed by atoms with E-state index in [4.69, 9.17) is 0 Å². The van der Waals surface area contributed by atoms with Crippen molar-refractivity contribution < 1.29 is 21.6 Å². The summed E-state index contributed by atoms with van der Waals surface area (Å²) in [7, 11) is 0.237. The first kappa shape index (κ1) is 20.2. The van der Waals surface area contributed by atoms with E-state index in [9.17, 15) is 21.6 Å². The molecule has 2 aliphatic heterocycles. The van der Waals surface area contributed by atoms with Gasteiger partial charge >= 0.3 is 6.18 Å². The molecule has 4 nitrogen and oxygen atoms in total. The minimum atomic E-state index is -4.50. The molecule has 4 rings (SSSR count). The van der Waals surface area contributed by atoms with Crippen LogP contribution in [-0.2, 0) is 16.0 Å². The highest BCUT2D eigenvalue weighted by atomic mass is 32.2. The van der Waals surface area contributed by atoms with Gasteiger partial charge in [0, 0.05) is 24.7 Å². The van der Waals surface area contributed by atoms with E-state index in [1.54, 1.807) is 12.1 Å². The molecule has 0 radical (unpaired) electrons. The SMILES string of the molecule is CN1CC[C@@H]2c3cc(S(=O)(=O)c4ccc(C(F)(F)F)cc4)ccc3N(C)[C@H]2CC1. The Balaban J connectivity index is 1.70. The summed E-state index contributed by atoms with van der Waals surface area (Å²) in [6.45, 7) is 1.94. The standard InChI is InChI=1S/C21H23F3N2O2S/c1-25-11-9-17-18-13-16(7-8-19(18)26(2)20(17)10-12-25)29(27,28)15-5-3-14(4-6-15)21(22,23)24/h3-8,13,17,20H,9-12H2,1-2H3/t17-,20+/m1/s1. The zero-order valence-corrected chi connectivity index (χ0v) is 17.1. The lowest BCUT2D eigenvalue weighted by Gasteiger charge is -2.25. The average Bonchev–Trinajstić information content (AvgIpc) is 2.81. The molecule has 2 aromatic carbocycles. The number of nitrogens with zero attached hydrogens (tertiary/aromatic N) is 2. The maximum atomic E-state index is 13.1. The second-order valence-electron chi connectivity index (χ2n) is 7.91. The Hall–Kier alpha value is -2.06. The van der Waals surface area contributed by atoms with Gasteiger partial charge < -0.3 is 9.80 Å². The fraction of sp³-hybridized carbons (Fsp3) is 0.429. The monoisotopic (exact) mass is 424 g/mol. The van der Waals surface area contributed by atoms with E-state index in [2.05, 4.69) is 16.8 Å². The Labute approximate surface area is 168 Å². The maximum Gasteiger partial charge on any atom is 0.416 e. The molecule has 0 aliphatic carbocycles. The molecule has 2 aliphatic rings. The van der Waals surface area contributed by atoms with Crippen molar-refractivity contribution >= 4 is 15.5 Å². The van der Waals surface area contributed by atoms with Crippen molar-refractivity contribution in [2.24, 2.45) is 0 Å². The van der Waals surface area contributed by atoms with E-state index in [-0.39, 0.29) is 15.7 Å². The predicted molar refractivity (Wildman–Crippen MR) is 105 cm³/mol. The number of halogens is 3. The number of sulfone groups is 1. The summed E-state index contributed by atoms with van der Waals surface area (Å²) >= 11 is 0. The summed E-state index contributed by atoms with van der Waals surface area (Å²) in [5, 5.41) is 0. The largest absolute Gasteiger partial charge is 0.416 e. The molecular formula is C21H23F3N2O2S. The van der Waals surface area contributed by atoms with Crippen LogP contribution >= 0.6 is 0 Å². The Morgan fingerprint density at radius 2 is 1.55 bits per heavy atom. The highest BCUT2D eigenvalue weighted by Crippen LogP contribution is 2.45. The fourth-order valence-corrected chi connectivity index (χ4v) is 5.80. The number of likely N-dealkylation sites (N-methyl/N-ethyl adjacent to an activating group) is 1. The summed E-state index contributed by atoms with van der Waals surface area (Å²) in [5.41, 5.74) is 1.19. The molecule has 8 heteroatoms. The number of hydrogen-bond acceptors (Lipinski definition) is 4. The van der Waals surface area contributed by atoms with Gasteiger partial charge in [-0.05, 0) is 81.0 Å². The number of hydrogen-bond donors (Lipinski definition) is 0. The molecule has 0 amide bonds. The van der Waals surface area contributed by atoms with Crippen LogP contribution in [-0.4, -0.2) is 46.5 Å². The lowest BCUT2D eigenvalue weighted by atomic mass is 9.91. The molecule has 0 N–H and O–H groups in total.